The number of amides is 2. The van der Waals surface area contributed by atoms with Gasteiger partial charge in [-0.3, -0.25) is 24.5 Å². The lowest BCUT2D eigenvalue weighted by Crippen LogP contribution is -2.35. The normalized spacial score (nSPS) is 9.86. The Morgan fingerprint density at radius 3 is 2.36 bits per heavy atom. The van der Waals surface area contributed by atoms with Crippen molar-refractivity contribution in [3.63, 3.8) is 0 Å². The molecule has 1 rings (SSSR count). The number of aliphatic carboxylic acids is 1. The first-order valence-corrected chi connectivity index (χ1v) is 6.29. The smallest absolute Gasteiger partial charge is 0.323 e. The highest BCUT2D eigenvalue weighted by Gasteiger charge is 2.13. The first kappa shape index (κ1) is 17.1. The van der Waals surface area contributed by atoms with Crippen LogP contribution in [0.4, 0.5) is 5.69 Å². The molecule has 1 aromatic rings. The molecule has 0 saturated carbocycles. The molecule has 2 amide bonds. The molecule has 0 atom stereocenters. The molecule has 118 valence electrons. The lowest BCUT2D eigenvalue weighted by atomic mass is 10.2. The third kappa shape index (κ3) is 5.19. The van der Waals surface area contributed by atoms with Crippen LogP contribution in [0.1, 0.15) is 16.8 Å². The quantitative estimate of drug-likeness (QED) is 0.549. The minimum atomic E-state index is -1.12. The van der Waals surface area contributed by atoms with Crippen LogP contribution in [0.25, 0.3) is 0 Å². The van der Waals surface area contributed by atoms with Crippen molar-refractivity contribution in [1.82, 2.24) is 10.2 Å². The number of carbonyl (C=O) groups excluding carboxylic acids is 2. The van der Waals surface area contributed by atoms with Gasteiger partial charge in [-0.2, -0.15) is 0 Å². The Labute approximate surface area is 125 Å². The molecule has 9 nitrogen and oxygen atoms in total. The number of benzene rings is 1. The number of hydrogen-bond acceptors (Lipinski definition) is 5. The van der Waals surface area contributed by atoms with Crippen LogP contribution in [0, 0.1) is 10.1 Å². The van der Waals surface area contributed by atoms with E-state index in [4.69, 9.17) is 5.11 Å². The van der Waals surface area contributed by atoms with Crippen LogP contribution in [0.5, 0.6) is 0 Å². The Hall–Kier alpha value is -2.97. The maximum absolute atomic E-state index is 11.8. The maximum Gasteiger partial charge on any atom is 0.323 e. The molecule has 9 heteroatoms. The lowest BCUT2D eigenvalue weighted by Gasteiger charge is -2.14. The Morgan fingerprint density at radius 2 is 1.86 bits per heavy atom. The average Bonchev–Trinajstić information content (AvgIpc) is 2.46. The number of hydrogen-bond donors (Lipinski definition) is 2. The van der Waals surface area contributed by atoms with Gasteiger partial charge in [-0.25, -0.2) is 0 Å². The second kappa shape index (κ2) is 7.72. The van der Waals surface area contributed by atoms with Crippen molar-refractivity contribution in [3.05, 3.63) is 39.9 Å². The topological polar surface area (TPSA) is 130 Å². The molecule has 0 radical (unpaired) electrons. The van der Waals surface area contributed by atoms with Crippen molar-refractivity contribution in [2.45, 2.75) is 6.42 Å². The van der Waals surface area contributed by atoms with Crippen molar-refractivity contribution >= 4 is 23.5 Å². The maximum atomic E-state index is 11.8. The molecule has 0 unspecified atom stereocenters. The summed E-state index contributed by atoms with van der Waals surface area (Å²) in [4.78, 5) is 44.7. The van der Waals surface area contributed by atoms with Crippen LogP contribution in [0.15, 0.2) is 24.3 Å². The SMILES string of the molecule is CN(CC(=O)O)C(=O)CCNC(=O)c1ccc([N+](=O)[O-])cc1. The summed E-state index contributed by atoms with van der Waals surface area (Å²) in [7, 11) is 1.36. The van der Waals surface area contributed by atoms with E-state index in [9.17, 15) is 24.5 Å². The summed E-state index contributed by atoms with van der Waals surface area (Å²) in [6.45, 7) is -0.367. The fraction of sp³-hybridized carbons (Fsp3) is 0.308. The molecule has 1 aromatic carbocycles. The van der Waals surface area contributed by atoms with E-state index in [1.807, 2.05) is 0 Å². The summed E-state index contributed by atoms with van der Waals surface area (Å²) in [5.74, 6) is -2.00. The number of likely N-dealkylation sites (N-methyl/N-ethyl adjacent to an activating group) is 1. The summed E-state index contributed by atoms with van der Waals surface area (Å²) in [6.07, 6.45) is -0.0392. The van der Waals surface area contributed by atoms with Crippen LogP contribution in [0.3, 0.4) is 0 Å². The highest BCUT2D eigenvalue weighted by molar-refractivity contribution is 5.94. The van der Waals surface area contributed by atoms with Crippen molar-refractivity contribution in [2.24, 2.45) is 0 Å². The molecule has 0 spiro atoms. The molecule has 0 bridgehead atoms. The highest BCUT2D eigenvalue weighted by Crippen LogP contribution is 2.11. The fourth-order valence-corrected chi connectivity index (χ4v) is 1.60. The number of non-ortho nitro benzene ring substituents is 1. The van der Waals surface area contributed by atoms with E-state index in [0.29, 0.717) is 0 Å². The monoisotopic (exact) mass is 309 g/mol. The number of carboxylic acid groups (broad SMARTS) is 1. The molecule has 0 heterocycles. The van der Waals surface area contributed by atoms with Gasteiger partial charge < -0.3 is 15.3 Å². The van der Waals surface area contributed by atoms with E-state index in [1.54, 1.807) is 0 Å². The molecular formula is C13H15N3O6. The highest BCUT2D eigenvalue weighted by atomic mass is 16.6. The van der Waals surface area contributed by atoms with Crippen molar-refractivity contribution in [2.75, 3.05) is 20.1 Å². The number of nitro benzene ring substituents is 1. The third-order valence-corrected chi connectivity index (χ3v) is 2.76. The van der Waals surface area contributed by atoms with Crippen molar-refractivity contribution < 1.29 is 24.4 Å². The van der Waals surface area contributed by atoms with Crippen molar-refractivity contribution in [1.29, 1.82) is 0 Å². The molecule has 0 aromatic heterocycles. The molecule has 2 N–H and O–H groups in total. The number of carbonyl (C=O) groups is 3. The van der Waals surface area contributed by atoms with Gasteiger partial charge in [0.2, 0.25) is 5.91 Å². The molecular weight excluding hydrogens is 294 g/mol. The predicted octanol–water partition coefficient (Wildman–Crippen LogP) is 0.258. The molecule has 0 aliphatic rings. The largest absolute Gasteiger partial charge is 0.480 e. The van der Waals surface area contributed by atoms with Gasteiger partial charge in [0, 0.05) is 37.7 Å². The summed E-state index contributed by atoms with van der Waals surface area (Å²) >= 11 is 0. The van der Waals surface area contributed by atoms with Gasteiger partial charge in [0.15, 0.2) is 0 Å². The average molecular weight is 309 g/mol. The van der Waals surface area contributed by atoms with Gasteiger partial charge in [-0.15, -0.1) is 0 Å². The lowest BCUT2D eigenvalue weighted by molar-refractivity contribution is -0.384. The van der Waals surface area contributed by atoms with Crippen LogP contribution in [-0.2, 0) is 9.59 Å². The molecule has 0 aliphatic heterocycles. The number of nitrogens with one attached hydrogen (secondary N) is 1. The van der Waals surface area contributed by atoms with Gasteiger partial charge in [0.25, 0.3) is 11.6 Å². The van der Waals surface area contributed by atoms with Gasteiger partial charge in [0.05, 0.1) is 4.92 Å². The summed E-state index contributed by atoms with van der Waals surface area (Å²) < 4.78 is 0. The van der Waals surface area contributed by atoms with E-state index < -0.39 is 29.3 Å². The predicted molar refractivity (Wildman–Crippen MR) is 75.3 cm³/mol. The van der Waals surface area contributed by atoms with Crippen LogP contribution >= 0.6 is 0 Å². The summed E-state index contributed by atoms with van der Waals surface area (Å²) in [5, 5.41) is 21.5. The zero-order valence-corrected chi connectivity index (χ0v) is 11.8. The third-order valence-electron chi connectivity index (χ3n) is 2.76. The Kier molecular flexibility index (Phi) is 5.99. The van der Waals surface area contributed by atoms with Gasteiger partial charge in [0.1, 0.15) is 6.54 Å². The summed E-state index contributed by atoms with van der Waals surface area (Å²) in [6, 6.07) is 5.04. The molecule has 0 fully saturated rings. The second-order valence-corrected chi connectivity index (χ2v) is 4.45. The molecule has 0 saturated heterocycles. The zero-order chi connectivity index (χ0) is 16.7. The van der Waals surface area contributed by atoms with E-state index in [1.165, 1.54) is 31.3 Å². The van der Waals surface area contributed by atoms with Crippen LogP contribution < -0.4 is 5.32 Å². The van der Waals surface area contributed by atoms with E-state index >= 15 is 0 Å². The van der Waals surface area contributed by atoms with E-state index in [0.717, 1.165) is 4.90 Å². The number of carboxylic acids is 1. The zero-order valence-electron chi connectivity index (χ0n) is 11.8. The van der Waals surface area contributed by atoms with Crippen molar-refractivity contribution in [3.8, 4) is 0 Å². The first-order valence-electron chi connectivity index (χ1n) is 6.29. The second-order valence-electron chi connectivity index (χ2n) is 4.45. The van der Waals surface area contributed by atoms with Crippen LogP contribution in [0.2, 0.25) is 0 Å². The fourth-order valence-electron chi connectivity index (χ4n) is 1.60. The minimum Gasteiger partial charge on any atom is -0.480 e. The first-order chi connectivity index (χ1) is 10.3. The standard InChI is InChI=1S/C13H15N3O6/c1-15(8-12(18)19)11(17)6-7-14-13(20)9-2-4-10(5-3-9)16(21)22/h2-5H,6-8H2,1H3,(H,14,20)(H,18,19). The minimum absolute atomic E-state index is 0.0392. The number of nitrogens with zero attached hydrogens (tertiary/aromatic N) is 2. The van der Waals surface area contributed by atoms with Gasteiger partial charge in [-0.1, -0.05) is 0 Å². The van der Waals surface area contributed by atoms with Gasteiger partial charge >= 0.3 is 5.97 Å². The molecule has 22 heavy (non-hydrogen) atoms. The Balaban J connectivity index is 2.44. The van der Waals surface area contributed by atoms with E-state index in [-0.39, 0.29) is 24.2 Å². The Morgan fingerprint density at radius 1 is 1.27 bits per heavy atom. The number of nitro groups is 1. The Bertz CT molecular complexity index is 584. The number of rotatable bonds is 7. The molecule has 0 aliphatic carbocycles. The van der Waals surface area contributed by atoms with E-state index in [2.05, 4.69) is 5.32 Å². The van der Waals surface area contributed by atoms with Crippen LogP contribution in [-0.4, -0.2) is 52.9 Å². The summed E-state index contributed by atoms with van der Waals surface area (Å²) in [5.41, 5.74) is 0.110. The van der Waals surface area contributed by atoms with Gasteiger partial charge in [-0.05, 0) is 12.1 Å².